The smallest absolute Gasteiger partial charge is 0.462 e. The van der Waals surface area contributed by atoms with Gasteiger partial charge in [-0.15, -0.1) is 13.2 Å². The maximum atomic E-state index is 14.4. The van der Waals surface area contributed by atoms with Crippen molar-refractivity contribution in [1.29, 1.82) is 0 Å². The number of rotatable bonds is 9. The van der Waals surface area contributed by atoms with Gasteiger partial charge in [0.2, 0.25) is 0 Å². The van der Waals surface area contributed by atoms with Gasteiger partial charge in [0.25, 0.3) is 0 Å². The zero-order valence-corrected chi connectivity index (χ0v) is 19.2. The van der Waals surface area contributed by atoms with Gasteiger partial charge in [0.1, 0.15) is 23.4 Å². The van der Waals surface area contributed by atoms with Crippen molar-refractivity contribution < 1.29 is 41.0 Å². The Morgan fingerprint density at radius 2 is 1.83 bits per heavy atom. The molecule has 2 amide bonds. The summed E-state index contributed by atoms with van der Waals surface area (Å²) in [6.45, 7) is 6.24. The van der Waals surface area contributed by atoms with Crippen LogP contribution >= 0.6 is 0 Å². The van der Waals surface area contributed by atoms with Crippen molar-refractivity contribution in [2.24, 2.45) is 0 Å². The quantitative estimate of drug-likeness (QED) is 0.184. The molecule has 0 aliphatic rings. The van der Waals surface area contributed by atoms with Gasteiger partial charge in [0.05, 0.1) is 12.2 Å². The zero-order valence-electron chi connectivity index (χ0n) is 19.2. The van der Waals surface area contributed by atoms with Crippen LogP contribution in [0.4, 0.5) is 32.4 Å². The molecule has 2 rings (SSSR count). The van der Waals surface area contributed by atoms with E-state index in [9.17, 15) is 31.5 Å². The molecule has 0 radical (unpaired) electrons. The van der Waals surface area contributed by atoms with Crippen molar-refractivity contribution in [3.8, 4) is 0 Å². The molecular weight excluding hydrogens is 489 g/mol. The Labute approximate surface area is 203 Å². The highest BCUT2D eigenvalue weighted by molar-refractivity contribution is 5.92. The van der Waals surface area contributed by atoms with E-state index in [1.807, 2.05) is 0 Å². The predicted molar refractivity (Wildman–Crippen MR) is 121 cm³/mol. The fourth-order valence-corrected chi connectivity index (χ4v) is 2.77. The number of aromatic nitrogens is 1. The molecule has 2 aromatic rings. The lowest BCUT2D eigenvalue weighted by Crippen LogP contribution is -2.34. The molecule has 7 nitrogen and oxygen atoms in total. The van der Waals surface area contributed by atoms with Crippen LogP contribution in [0.1, 0.15) is 35.9 Å². The van der Waals surface area contributed by atoms with Crippen molar-refractivity contribution in [2.45, 2.75) is 26.3 Å². The number of benzene rings is 1. The molecule has 36 heavy (non-hydrogen) atoms. The Bertz CT molecular complexity index is 1160. The molecule has 0 saturated carbocycles. The highest BCUT2D eigenvalue weighted by Crippen LogP contribution is 2.27. The van der Waals surface area contributed by atoms with Crippen molar-refractivity contribution in [3.05, 3.63) is 95.6 Å². The van der Waals surface area contributed by atoms with E-state index in [1.165, 1.54) is 36.5 Å². The third-order valence-corrected chi connectivity index (χ3v) is 4.37. The van der Waals surface area contributed by atoms with Gasteiger partial charge in [-0.2, -0.15) is 0 Å². The molecule has 2 N–H and O–H groups in total. The average molecular weight is 511 g/mol. The average Bonchev–Trinajstić information content (AvgIpc) is 2.80. The Hall–Kier alpha value is -4.22. The first-order valence-electron chi connectivity index (χ1n) is 10.4. The SMILES string of the molecule is C=C(/C=C\C(OC(F)(F)F)=C(/C)F)[C@H](NC(=O)Nc1ccc(C(=O)OCC)cc1)c1ncccc1F. The number of hydrogen-bond acceptors (Lipinski definition) is 5. The number of alkyl halides is 3. The van der Waals surface area contributed by atoms with Crippen LogP contribution in [0.5, 0.6) is 0 Å². The lowest BCUT2D eigenvalue weighted by atomic mass is 10.0. The second-order valence-corrected chi connectivity index (χ2v) is 7.05. The fourth-order valence-electron chi connectivity index (χ4n) is 2.77. The van der Waals surface area contributed by atoms with Crippen LogP contribution in [0.25, 0.3) is 0 Å². The van der Waals surface area contributed by atoms with E-state index >= 15 is 0 Å². The number of nitrogens with zero attached hydrogens (tertiary/aromatic N) is 1. The number of carbonyl (C=O) groups excluding carboxylic acids is 2. The molecule has 12 heteroatoms. The lowest BCUT2D eigenvalue weighted by molar-refractivity contribution is -0.304. The van der Waals surface area contributed by atoms with Gasteiger partial charge in [-0.25, -0.2) is 18.4 Å². The number of urea groups is 1. The Balaban J connectivity index is 2.24. The number of halogens is 5. The van der Waals surface area contributed by atoms with E-state index in [0.29, 0.717) is 6.08 Å². The first kappa shape index (κ1) is 28.0. The molecule has 1 atom stereocenters. The third kappa shape index (κ3) is 8.53. The predicted octanol–water partition coefficient (Wildman–Crippen LogP) is 6.11. The summed E-state index contributed by atoms with van der Waals surface area (Å²) in [5.74, 6) is -3.79. The normalized spacial score (nSPS) is 13.0. The summed E-state index contributed by atoms with van der Waals surface area (Å²) in [5, 5.41) is 4.88. The van der Waals surface area contributed by atoms with Crippen LogP contribution in [0.2, 0.25) is 0 Å². The monoisotopic (exact) mass is 511 g/mol. The van der Waals surface area contributed by atoms with Crippen molar-refractivity contribution in [1.82, 2.24) is 10.3 Å². The second kappa shape index (κ2) is 12.5. The molecule has 1 aromatic carbocycles. The highest BCUT2D eigenvalue weighted by atomic mass is 19.4. The van der Waals surface area contributed by atoms with Crippen LogP contribution in [0.3, 0.4) is 0 Å². The van der Waals surface area contributed by atoms with Crippen molar-refractivity contribution >= 4 is 17.7 Å². The summed E-state index contributed by atoms with van der Waals surface area (Å²) in [6, 6.07) is 5.83. The molecule has 0 fully saturated rings. The molecule has 0 saturated heterocycles. The summed E-state index contributed by atoms with van der Waals surface area (Å²) in [6.07, 6.45) is -2.34. The zero-order chi connectivity index (χ0) is 26.9. The summed E-state index contributed by atoms with van der Waals surface area (Å²) < 4.78 is 74.0. The number of anilines is 1. The van der Waals surface area contributed by atoms with Crippen LogP contribution in [0.15, 0.2) is 78.5 Å². The first-order chi connectivity index (χ1) is 16.9. The highest BCUT2D eigenvalue weighted by Gasteiger charge is 2.32. The second-order valence-electron chi connectivity index (χ2n) is 7.05. The molecule has 0 aliphatic carbocycles. The van der Waals surface area contributed by atoms with E-state index in [1.54, 1.807) is 6.92 Å². The molecule has 0 spiro atoms. The maximum absolute atomic E-state index is 14.4. The number of allylic oxidation sites excluding steroid dienone is 2. The van der Waals surface area contributed by atoms with Crippen LogP contribution in [-0.4, -0.2) is 30.0 Å². The Morgan fingerprint density at radius 1 is 1.17 bits per heavy atom. The van der Waals surface area contributed by atoms with Gasteiger partial charge in [0.15, 0.2) is 5.76 Å². The lowest BCUT2D eigenvalue weighted by Gasteiger charge is -2.20. The van der Waals surface area contributed by atoms with E-state index in [4.69, 9.17) is 4.74 Å². The number of pyridine rings is 1. The molecule has 0 unspecified atom stereocenters. The Morgan fingerprint density at radius 3 is 2.39 bits per heavy atom. The van der Waals surface area contributed by atoms with Crippen LogP contribution in [-0.2, 0) is 9.47 Å². The molecule has 0 aliphatic heterocycles. The van der Waals surface area contributed by atoms with Gasteiger partial charge in [0, 0.05) is 11.9 Å². The first-order valence-corrected chi connectivity index (χ1v) is 10.4. The Kier molecular flexibility index (Phi) is 9.71. The van der Waals surface area contributed by atoms with Gasteiger partial charge < -0.3 is 20.1 Å². The summed E-state index contributed by atoms with van der Waals surface area (Å²) >= 11 is 0. The van der Waals surface area contributed by atoms with Crippen molar-refractivity contribution in [2.75, 3.05) is 11.9 Å². The number of ether oxygens (including phenoxy) is 2. The number of hydrogen-bond donors (Lipinski definition) is 2. The van der Waals surface area contributed by atoms with Crippen LogP contribution in [0, 0.1) is 5.82 Å². The van der Waals surface area contributed by atoms with E-state index in [-0.39, 0.29) is 29.1 Å². The van der Waals surface area contributed by atoms with Gasteiger partial charge in [-0.3, -0.25) is 4.98 Å². The largest absolute Gasteiger partial charge is 0.573 e. The van der Waals surface area contributed by atoms with E-state index < -0.39 is 41.8 Å². The summed E-state index contributed by atoms with van der Waals surface area (Å²) in [7, 11) is 0. The van der Waals surface area contributed by atoms with Crippen LogP contribution < -0.4 is 10.6 Å². The topological polar surface area (TPSA) is 89.6 Å². The number of esters is 1. The van der Waals surface area contributed by atoms with Gasteiger partial charge in [-0.1, -0.05) is 12.7 Å². The van der Waals surface area contributed by atoms with E-state index in [2.05, 4.69) is 26.9 Å². The maximum Gasteiger partial charge on any atom is 0.573 e. The molecule has 1 heterocycles. The minimum absolute atomic E-state index is 0.134. The molecule has 1 aromatic heterocycles. The van der Waals surface area contributed by atoms with Gasteiger partial charge in [-0.05, 0) is 61.9 Å². The number of nitrogens with one attached hydrogen (secondary N) is 2. The molecule has 0 bridgehead atoms. The number of carbonyl (C=O) groups is 2. The minimum Gasteiger partial charge on any atom is -0.462 e. The summed E-state index contributed by atoms with van der Waals surface area (Å²) in [4.78, 5) is 28.2. The fraction of sp³-hybridized carbons (Fsp3) is 0.208. The molecular formula is C24H22F5N3O4. The minimum atomic E-state index is -5.15. The summed E-state index contributed by atoms with van der Waals surface area (Å²) in [5.41, 5.74) is 0.0887. The third-order valence-electron chi connectivity index (χ3n) is 4.37. The standard InChI is InChI=1S/C24H22F5N3O4/c1-4-35-22(33)16-8-10-17(11-9-16)31-23(34)32-20(21-18(26)6-5-13-30-21)14(2)7-12-19(15(3)25)36-24(27,28)29/h5-13,20H,2,4H2,1,3H3,(H2,31,32,34)/b12-7-,19-15-/t20-/m0/s1. The number of amides is 2. The van der Waals surface area contributed by atoms with Gasteiger partial charge >= 0.3 is 18.4 Å². The van der Waals surface area contributed by atoms with E-state index in [0.717, 1.165) is 19.1 Å². The van der Waals surface area contributed by atoms with Crippen molar-refractivity contribution in [3.63, 3.8) is 0 Å². The molecule has 192 valence electrons.